The van der Waals surface area contributed by atoms with E-state index < -0.39 is 5.67 Å². The highest BCUT2D eigenvalue weighted by Crippen LogP contribution is 2.49. The van der Waals surface area contributed by atoms with E-state index in [-0.39, 0.29) is 0 Å². The number of alkyl halides is 1. The Balaban J connectivity index is 1.84. The Labute approximate surface area is 155 Å². The van der Waals surface area contributed by atoms with Gasteiger partial charge >= 0.3 is 0 Å². The van der Waals surface area contributed by atoms with E-state index in [0.717, 1.165) is 56.1 Å². The van der Waals surface area contributed by atoms with Crippen molar-refractivity contribution in [2.75, 3.05) is 0 Å². The summed E-state index contributed by atoms with van der Waals surface area (Å²) in [6, 6.07) is 4.07. The lowest BCUT2D eigenvalue weighted by atomic mass is 9.96. The lowest BCUT2D eigenvalue weighted by molar-refractivity contribution is 0.303. The molecule has 138 valence electrons. The van der Waals surface area contributed by atoms with Gasteiger partial charge in [0.2, 0.25) is 0 Å². The second-order valence-corrected chi connectivity index (χ2v) is 7.48. The zero-order chi connectivity index (χ0) is 18.9. The number of halogens is 1. The SMILES string of the molecule is Cc1n[nH]c(C)c1-c1cc(-c2c(C)noc2C)cc2[nH]c(C3(F)CC3)nc12. The van der Waals surface area contributed by atoms with Crippen molar-refractivity contribution in [3.63, 3.8) is 0 Å². The van der Waals surface area contributed by atoms with Crippen molar-refractivity contribution in [3.8, 4) is 22.3 Å². The molecule has 0 unspecified atom stereocenters. The average Bonchev–Trinajstić information content (AvgIpc) is 2.94. The minimum absolute atomic E-state index is 0.411. The number of aryl methyl sites for hydroxylation is 4. The second kappa shape index (κ2) is 5.28. The number of nitrogens with one attached hydrogen (secondary N) is 2. The molecule has 0 bridgehead atoms. The summed E-state index contributed by atoms with van der Waals surface area (Å²) < 4.78 is 20.0. The van der Waals surface area contributed by atoms with Gasteiger partial charge in [-0.25, -0.2) is 9.37 Å². The summed E-state index contributed by atoms with van der Waals surface area (Å²) in [7, 11) is 0. The summed E-state index contributed by atoms with van der Waals surface area (Å²) in [5.41, 5.74) is 6.75. The molecule has 1 aliphatic carbocycles. The first kappa shape index (κ1) is 16.2. The number of H-pyrrole nitrogens is 2. The van der Waals surface area contributed by atoms with Gasteiger partial charge in [-0.15, -0.1) is 0 Å². The minimum atomic E-state index is -1.32. The third-order valence-electron chi connectivity index (χ3n) is 5.42. The van der Waals surface area contributed by atoms with E-state index in [1.54, 1.807) is 0 Å². The van der Waals surface area contributed by atoms with Gasteiger partial charge in [-0.2, -0.15) is 5.10 Å². The largest absolute Gasteiger partial charge is 0.361 e. The third kappa shape index (κ3) is 2.34. The van der Waals surface area contributed by atoms with Crippen molar-refractivity contribution in [2.24, 2.45) is 0 Å². The Morgan fingerprint density at radius 3 is 2.44 bits per heavy atom. The van der Waals surface area contributed by atoms with Crippen LogP contribution >= 0.6 is 0 Å². The Bertz CT molecular complexity index is 1160. The van der Waals surface area contributed by atoms with Gasteiger partial charge in [-0.1, -0.05) is 5.16 Å². The lowest BCUT2D eigenvalue weighted by Gasteiger charge is -2.08. The zero-order valence-electron chi connectivity index (χ0n) is 15.7. The number of nitrogens with zero attached hydrogens (tertiary/aromatic N) is 3. The second-order valence-electron chi connectivity index (χ2n) is 7.48. The summed E-state index contributed by atoms with van der Waals surface area (Å²) in [4.78, 5) is 7.85. The van der Waals surface area contributed by atoms with Crippen LogP contribution in [0.2, 0.25) is 0 Å². The molecule has 0 radical (unpaired) electrons. The van der Waals surface area contributed by atoms with Crippen LogP contribution in [-0.2, 0) is 5.67 Å². The van der Waals surface area contributed by atoms with E-state index in [0.29, 0.717) is 18.7 Å². The van der Waals surface area contributed by atoms with Gasteiger partial charge in [0, 0.05) is 22.4 Å². The first-order valence-corrected chi connectivity index (χ1v) is 9.06. The molecule has 1 saturated carbocycles. The maximum Gasteiger partial charge on any atom is 0.168 e. The predicted octanol–water partition coefficient (Wildman–Crippen LogP) is 4.80. The molecule has 6 nitrogen and oxygen atoms in total. The Kier molecular flexibility index (Phi) is 3.17. The topological polar surface area (TPSA) is 83.4 Å². The monoisotopic (exact) mass is 365 g/mol. The van der Waals surface area contributed by atoms with Crippen molar-refractivity contribution in [3.05, 3.63) is 40.8 Å². The number of aromatic nitrogens is 5. The van der Waals surface area contributed by atoms with Crippen LogP contribution in [0.5, 0.6) is 0 Å². The Morgan fingerprint density at radius 1 is 1.07 bits per heavy atom. The van der Waals surface area contributed by atoms with Crippen LogP contribution in [0.25, 0.3) is 33.3 Å². The molecule has 0 spiro atoms. The van der Waals surface area contributed by atoms with Gasteiger partial charge in [0.05, 0.1) is 22.4 Å². The van der Waals surface area contributed by atoms with E-state index in [1.165, 1.54) is 0 Å². The van der Waals surface area contributed by atoms with Gasteiger partial charge in [-0.3, -0.25) is 5.10 Å². The smallest absolute Gasteiger partial charge is 0.168 e. The standard InChI is InChI=1S/C20H20FN5O/c1-9-16(10(2)25-24-9)14-7-13(17-11(3)26-27-12(17)4)8-15-18(14)23-19(22-15)20(21)5-6-20/h7-8H,5-6H2,1-4H3,(H,22,23)(H,24,25). The Morgan fingerprint density at radius 2 is 1.85 bits per heavy atom. The molecule has 2 N–H and O–H groups in total. The normalized spacial score (nSPS) is 15.6. The van der Waals surface area contributed by atoms with Crippen molar-refractivity contribution in [1.29, 1.82) is 0 Å². The number of hydrogen-bond acceptors (Lipinski definition) is 4. The first-order valence-electron chi connectivity index (χ1n) is 9.06. The van der Waals surface area contributed by atoms with Crippen molar-refractivity contribution in [1.82, 2.24) is 25.3 Å². The fourth-order valence-electron chi connectivity index (χ4n) is 3.85. The molecule has 3 heterocycles. The molecule has 27 heavy (non-hydrogen) atoms. The number of imidazole rings is 1. The van der Waals surface area contributed by atoms with Crippen molar-refractivity contribution in [2.45, 2.75) is 46.2 Å². The van der Waals surface area contributed by atoms with Gasteiger partial charge in [-0.05, 0) is 58.2 Å². The molecular weight excluding hydrogens is 345 g/mol. The maximum absolute atomic E-state index is 14.7. The Hall–Kier alpha value is -2.96. The molecule has 0 amide bonds. The molecule has 1 aromatic carbocycles. The number of benzene rings is 1. The highest BCUT2D eigenvalue weighted by molar-refractivity contribution is 5.97. The lowest BCUT2D eigenvalue weighted by Crippen LogP contribution is -1.99. The molecule has 5 rings (SSSR count). The predicted molar refractivity (Wildman–Crippen MR) is 100 cm³/mol. The highest BCUT2D eigenvalue weighted by atomic mass is 19.1. The summed E-state index contributed by atoms with van der Waals surface area (Å²) in [5, 5.41) is 11.4. The summed E-state index contributed by atoms with van der Waals surface area (Å²) >= 11 is 0. The van der Waals surface area contributed by atoms with Crippen LogP contribution in [-0.4, -0.2) is 25.3 Å². The van der Waals surface area contributed by atoms with E-state index in [2.05, 4.69) is 31.4 Å². The number of hydrogen-bond donors (Lipinski definition) is 2. The summed E-state index contributed by atoms with van der Waals surface area (Å²) in [5.74, 6) is 1.16. The molecule has 0 saturated heterocycles. The van der Waals surface area contributed by atoms with Gasteiger partial charge < -0.3 is 9.51 Å². The summed E-state index contributed by atoms with van der Waals surface area (Å²) in [6.45, 7) is 7.75. The average molecular weight is 365 g/mol. The number of rotatable bonds is 3. The molecule has 0 aliphatic heterocycles. The molecule has 1 fully saturated rings. The van der Waals surface area contributed by atoms with Crippen molar-refractivity contribution >= 4 is 11.0 Å². The maximum atomic E-state index is 14.7. The van der Waals surface area contributed by atoms with Gasteiger partial charge in [0.25, 0.3) is 0 Å². The highest BCUT2D eigenvalue weighted by Gasteiger charge is 2.48. The van der Waals surface area contributed by atoms with Crippen LogP contribution in [0.1, 0.15) is 41.5 Å². The number of aromatic amines is 2. The quantitative estimate of drug-likeness (QED) is 0.546. The molecule has 3 aromatic heterocycles. The number of fused-ring (bicyclic) bond motifs is 1. The molecule has 7 heteroatoms. The third-order valence-corrected chi connectivity index (χ3v) is 5.42. The molecule has 0 atom stereocenters. The van der Waals surface area contributed by atoms with Gasteiger partial charge in [0.15, 0.2) is 5.67 Å². The fraction of sp³-hybridized carbons (Fsp3) is 0.350. The first-order chi connectivity index (χ1) is 12.9. The zero-order valence-corrected chi connectivity index (χ0v) is 15.7. The van der Waals surface area contributed by atoms with Crippen LogP contribution in [0, 0.1) is 27.7 Å². The van der Waals surface area contributed by atoms with Crippen LogP contribution in [0.15, 0.2) is 16.7 Å². The van der Waals surface area contributed by atoms with E-state index in [4.69, 9.17) is 4.52 Å². The minimum Gasteiger partial charge on any atom is -0.361 e. The molecular formula is C20H20FN5O. The van der Waals surface area contributed by atoms with Crippen LogP contribution in [0.3, 0.4) is 0 Å². The summed E-state index contributed by atoms with van der Waals surface area (Å²) in [6.07, 6.45) is 1.03. The molecule has 1 aliphatic rings. The fourth-order valence-corrected chi connectivity index (χ4v) is 3.85. The van der Waals surface area contributed by atoms with Crippen molar-refractivity contribution < 1.29 is 8.91 Å². The van der Waals surface area contributed by atoms with Crippen LogP contribution in [0.4, 0.5) is 4.39 Å². The van der Waals surface area contributed by atoms with Crippen LogP contribution < -0.4 is 0 Å². The molecule has 4 aromatic rings. The van der Waals surface area contributed by atoms with Gasteiger partial charge in [0.1, 0.15) is 11.6 Å². The van der Waals surface area contributed by atoms with E-state index in [9.17, 15) is 4.39 Å². The van der Waals surface area contributed by atoms with E-state index in [1.807, 2.05) is 33.8 Å². The van der Waals surface area contributed by atoms with E-state index >= 15 is 0 Å².